The lowest BCUT2D eigenvalue weighted by Gasteiger charge is -2.15. The van der Waals surface area contributed by atoms with Crippen LogP contribution in [0.15, 0.2) is 29.2 Å². The summed E-state index contributed by atoms with van der Waals surface area (Å²) >= 11 is 0. The van der Waals surface area contributed by atoms with Crippen molar-refractivity contribution in [2.45, 2.75) is 32.1 Å². The molecule has 0 aliphatic rings. The quantitative estimate of drug-likeness (QED) is 0.524. The van der Waals surface area contributed by atoms with Crippen LogP contribution in [-0.4, -0.2) is 34.6 Å². The molecule has 0 aliphatic heterocycles. The zero-order valence-electron chi connectivity index (χ0n) is 12.4. The Kier molecular flexibility index (Phi) is 9.05. The number of benzene rings is 1. The molecule has 0 heterocycles. The van der Waals surface area contributed by atoms with Gasteiger partial charge in [-0.1, -0.05) is 17.7 Å². The van der Waals surface area contributed by atoms with E-state index < -0.39 is 10.0 Å². The maximum absolute atomic E-state index is 12.0. The second-order valence-electron chi connectivity index (χ2n) is 4.77. The highest BCUT2D eigenvalue weighted by atomic mass is 35.5. The van der Waals surface area contributed by atoms with Crippen molar-refractivity contribution < 1.29 is 25.7 Å². The minimum atomic E-state index is -3.35. The van der Waals surface area contributed by atoms with Gasteiger partial charge in [-0.15, -0.1) is 0 Å². The van der Waals surface area contributed by atoms with Crippen LogP contribution in [0.1, 0.15) is 25.8 Å². The number of sulfonamides is 1. The van der Waals surface area contributed by atoms with Crippen molar-refractivity contribution in [3.8, 4) is 0 Å². The molecule has 116 valence electrons. The summed E-state index contributed by atoms with van der Waals surface area (Å²) in [5.41, 5.74) is 1.06. The van der Waals surface area contributed by atoms with E-state index in [4.69, 9.17) is 0 Å². The molecule has 2 N–H and O–H groups in total. The number of rotatable bonds is 8. The van der Waals surface area contributed by atoms with E-state index in [1.54, 1.807) is 12.1 Å². The maximum atomic E-state index is 12.0. The first kappa shape index (κ1) is 19.4. The molecule has 4 nitrogen and oxygen atoms in total. The number of nitrogens with one attached hydrogen (secondary N) is 2. The fraction of sp³-hybridized carbons (Fsp3) is 0.571. The van der Waals surface area contributed by atoms with Gasteiger partial charge in [0, 0.05) is 13.0 Å². The third-order valence-corrected chi connectivity index (χ3v) is 4.81. The fourth-order valence-corrected chi connectivity index (χ4v) is 3.02. The largest absolute Gasteiger partial charge is 1.00 e. The number of hydrogen-bond acceptors (Lipinski definition) is 2. The molecule has 0 saturated carbocycles. The zero-order chi connectivity index (χ0) is 14.3. The van der Waals surface area contributed by atoms with Crippen LogP contribution in [0.5, 0.6) is 0 Å². The van der Waals surface area contributed by atoms with Crippen LogP contribution in [0, 0.1) is 6.92 Å². The van der Waals surface area contributed by atoms with Gasteiger partial charge in [-0.2, -0.15) is 0 Å². The van der Waals surface area contributed by atoms with Gasteiger partial charge in [0.15, 0.2) is 0 Å². The summed E-state index contributed by atoms with van der Waals surface area (Å²) in [7, 11) is -3.35. The molecule has 1 aromatic carbocycles. The summed E-state index contributed by atoms with van der Waals surface area (Å²) < 4.78 is 26.7. The van der Waals surface area contributed by atoms with Crippen molar-refractivity contribution >= 4 is 10.0 Å². The van der Waals surface area contributed by atoms with Gasteiger partial charge in [-0.25, -0.2) is 13.1 Å². The van der Waals surface area contributed by atoms with Crippen molar-refractivity contribution in [3.05, 3.63) is 29.8 Å². The highest BCUT2D eigenvalue weighted by Crippen LogP contribution is 2.09. The maximum Gasteiger partial charge on any atom is 0.240 e. The summed E-state index contributed by atoms with van der Waals surface area (Å²) in [4.78, 5) is 1.84. The van der Waals surface area contributed by atoms with Gasteiger partial charge < -0.3 is 17.3 Å². The molecule has 0 radical (unpaired) electrons. The van der Waals surface area contributed by atoms with Gasteiger partial charge in [-0.05, 0) is 32.9 Å². The topological polar surface area (TPSA) is 50.6 Å². The third kappa shape index (κ3) is 6.22. The molecule has 1 rings (SSSR count). The predicted octanol–water partition coefficient (Wildman–Crippen LogP) is -2.41. The van der Waals surface area contributed by atoms with Gasteiger partial charge in [0.2, 0.25) is 10.0 Å². The normalized spacial score (nSPS) is 11.4. The van der Waals surface area contributed by atoms with Crippen molar-refractivity contribution in [3.63, 3.8) is 0 Å². The summed E-state index contributed by atoms with van der Waals surface area (Å²) in [5.74, 6) is 0. The van der Waals surface area contributed by atoms with Crippen molar-refractivity contribution in [2.75, 3.05) is 26.2 Å². The summed E-state index contributed by atoms with van der Waals surface area (Å²) in [6.07, 6.45) is 0.863. The first-order chi connectivity index (χ1) is 8.99. The molecule has 0 aliphatic carbocycles. The molecule has 0 spiro atoms. The molecule has 20 heavy (non-hydrogen) atoms. The standard InChI is InChI=1S/C14H24N2O2S.ClH/c1-4-16(5-2)12-6-11-15-19(17,18)14-9-7-13(3)8-10-14;/h7-10,15H,4-6,11-12H2,1-3H3;1H. The Labute approximate surface area is 129 Å². The average Bonchev–Trinajstić information content (AvgIpc) is 2.39. The Hall–Kier alpha value is -0.620. The Morgan fingerprint density at radius 3 is 2.15 bits per heavy atom. The van der Waals surface area contributed by atoms with E-state index in [0.29, 0.717) is 11.4 Å². The zero-order valence-corrected chi connectivity index (χ0v) is 14.0. The van der Waals surface area contributed by atoms with Crippen LogP contribution >= 0.6 is 0 Å². The van der Waals surface area contributed by atoms with Crippen LogP contribution in [0.3, 0.4) is 0 Å². The van der Waals surface area contributed by atoms with Crippen molar-refractivity contribution in [1.29, 1.82) is 0 Å². The first-order valence-corrected chi connectivity index (χ1v) is 8.37. The second-order valence-corrected chi connectivity index (χ2v) is 6.54. The Bertz CT molecular complexity index is 470. The van der Waals surface area contributed by atoms with E-state index in [1.165, 1.54) is 4.90 Å². The lowest BCUT2D eigenvalue weighted by molar-refractivity contribution is -0.896. The van der Waals surface area contributed by atoms with Gasteiger partial charge in [-0.3, -0.25) is 0 Å². The Balaban J connectivity index is 0.00000361. The molecule has 0 atom stereocenters. The number of hydrogen-bond donors (Lipinski definition) is 2. The molecule has 1 aromatic rings. The van der Waals surface area contributed by atoms with Crippen molar-refractivity contribution in [1.82, 2.24) is 4.72 Å². The highest BCUT2D eigenvalue weighted by Gasteiger charge is 2.13. The van der Waals surface area contributed by atoms with E-state index in [1.807, 2.05) is 19.1 Å². The van der Waals surface area contributed by atoms with Crippen LogP contribution in [0.25, 0.3) is 0 Å². The van der Waals surface area contributed by atoms with Crippen LogP contribution < -0.4 is 22.0 Å². The molecule has 0 amide bonds. The molecular weight excluding hydrogens is 296 g/mol. The van der Waals surface area contributed by atoms with Gasteiger partial charge in [0.05, 0.1) is 24.5 Å². The van der Waals surface area contributed by atoms with E-state index >= 15 is 0 Å². The van der Waals surface area contributed by atoms with Crippen molar-refractivity contribution in [2.24, 2.45) is 0 Å². The Morgan fingerprint density at radius 1 is 1.10 bits per heavy atom. The average molecular weight is 321 g/mol. The molecule has 0 bridgehead atoms. The molecular formula is C14H25ClN2O2S. The highest BCUT2D eigenvalue weighted by molar-refractivity contribution is 7.89. The molecule has 0 aromatic heterocycles. The minimum Gasteiger partial charge on any atom is -1.00 e. The molecule has 0 saturated heterocycles. The summed E-state index contributed by atoms with van der Waals surface area (Å²) in [6.45, 7) is 9.91. The van der Waals surface area contributed by atoms with Gasteiger partial charge in [0.1, 0.15) is 0 Å². The number of aryl methyl sites for hydroxylation is 1. The monoisotopic (exact) mass is 320 g/mol. The molecule has 0 unspecified atom stereocenters. The lowest BCUT2D eigenvalue weighted by atomic mass is 10.2. The number of halogens is 1. The SMILES string of the molecule is CC[NH+](CC)CCCNS(=O)(=O)c1ccc(C)cc1.[Cl-]. The molecule has 6 heteroatoms. The summed E-state index contributed by atoms with van der Waals surface area (Å²) in [5, 5.41) is 0. The Morgan fingerprint density at radius 2 is 1.65 bits per heavy atom. The van der Waals surface area contributed by atoms with Gasteiger partial charge in [0.25, 0.3) is 0 Å². The smallest absolute Gasteiger partial charge is 0.240 e. The first-order valence-electron chi connectivity index (χ1n) is 6.89. The summed E-state index contributed by atoms with van der Waals surface area (Å²) in [6, 6.07) is 6.92. The van der Waals surface area contributed by atoms with Gasteiger partial charge >= 0.3 is 0 Å². The van der Waals surface area contributed by atoms with E-state index in [-0.39, 0.29) is 12.4 Å². The van der Waals surface area contributed by atoms with Crippen LogP contribution in [-0.2, 0) is 10.0 Å². The van der Waals surface area contributed by atoms with Crippen LogP contribution in [0.2, 0.25) is 0 Å². The predicted molar refractivity (Wildman–Crippen MR) is 77.9 cm³/mol. The van der Waals surface area contributed by atoms with E-state index in [0.717, 1.165) is 31.6 Å². The van der Waals surface area contributed by atoms with Crippen LogP contribution in [0.4, 0.5) is 0 Å². The third-order valence-electron chi connectivity index (χ3n) is 3.33. The molecule has 0 fully saturated rings. The number of quaternary nitrogens is 1. The van der Waals surface area contributed by atoms with E-state index in [9.17, 15) is 8.42 Å². The van der Waals surface area contributed by atoms with E-state index in [2.05, 4.69) is 18.6 Å². The second kappa shape index (κ2) is 9.34. The minimum absolute atomic E-state index is 0. The fourth-order valence-electron chi connectivity index (χ4n) is 1.95. The lowest BCUT2D eigenvalue weighted by Crippen LogP contribution is -3.11.